The van der Waals surface area contributed by atoms with E-state index in [0.29, 0.717) is 18.6 Å². The molecule has 0 aromatic carbocycles. The van der Waals surface area contributed by atoms with Crippen molar-refractivity contribution in [2.45, 2.75) is 70.1 Å². The van der Waals surface area contributed by atoms with E-state index in [-0.39, 0.29) is 31.3 Å². The van der Waals surface area contributed by atoms with Gasteiger partial charge in [0.05, 0.1) is 19.0 Å². The highest BCUT2D eigenvalue weighted by molar-refractivity contribution is 7.98. The number of nitrogens with one attached hydrogen (secondary N) is 4. The van der Waals surface area contributed by atoms with Crippen molar-refractivity contribution in [1.82, 2.24) is 21.3 Å². The molecule has 0 aliphatic carbocycles. The largest absolute Gasteiger partial charge is 0.481 e. The Balaban J connectivity index is 5.24. The van der Waals surface area contributed by atoms with Crippen molar-refractivity contribution in [3.05, 3.63) is 0 Å². The molecule has 228 valence electrons. The number of amides is 4. The lowest BCUT2D eigenvalue weighted by atomic mass is 9.97. The monoisotopic (exact) mass is 590 g/mol. The minimum Gasteiger partial charge on any atom is -0.481 e. The SMILES string of the molecule is CC[C@H](C)[C@H](NC(=O)[C@@H](N)CCSC)C(=O)NCC(=O)N[C@@H](CC(=O)O)C(=O)N[C@@H](CCCN=C(N)N)C(=O)O. The van der Waals surface area contributed by atoms with Gasteiger partial charge < -0.3 is 48.7 Å². The van der Waals surface area contributed by atoms with E-state index < -0.39 is 72.7 Å². The van der Waals surface area contributed by atoms with E-state index in [2.05, 4.69) is 26.3 Å². The zero-order valence-corrected chi connectivity index (χ0v) is 23.8. The summed E-state index contributed by atoms with van der Waals surface area (Å²) < 4.78 is 0. The Labute approximate surface area is 237 Å². The molecule has 0 heterocycles. The van der Waals surface area contributed by atoms with Crippen LogP contribution in [0.1, 0.15) is 46.0 Å². The highest BCUT2D eigenvalue weighted by atomic mass is 32.2. The molecule has 0 saturated carbocycles. The number of thioether (sulfide) groups is 1. The predicted molar refractivity (Wildman–Crippen MR) is 149 cm³/mol. The molecular formula is C23H42N8O8S. The maximum absolute atomic E-state index is 12.8. The Morgan fingerprint density at radius 2 is 1.57 bits per heavy atom. The summed E-state index contributed by atoms with van der Waals surface area (Å²) in [6, 6.07) is -4.82. The number of nitrogens with two attached hydrogens (primary N) is 3. The van der Waals surface area contributed by atoms with Crippen molar-refractivity contribution in [2.75, 3.05) is 25.1 Å². The second-order valence-corrected chi connectivity index (χ2v) is 10.0. The van der Waals surface area contributed by atoms with Crippen molar-refractivity contribution in [3.63, 3.8) is 0 Å². The summed E-state index contributed by atoms with van der Waals surface area (Å²) in [4.78, 5) is 76.9. The van der Waals surface area contributed by atoms with E-state index in [1.165, 1.54) is 11.8 Å². The molecule has 40 heavy (non-hydrogen) atoms. The summed E-state index contributed by atoms with van der Waals surface area (Å²) in [7, 11) is 0. The molecule has 0 fully saturated rings. The second kappa shape index (κ2) is 19.5. The lowest BCUT2D eigenvalue weighted by Crippen LogP contribution is -2.56. The van der Waals surface area contributed by atoms with Gasteiger partial charge in [0.25, 0.3) is 0 Å². The van der Waals surface area contributed by atoms with Crippen molar-refractivity contribution in [2.24, 2.45) is 28.1 Å². The number of guanidine groups is 1. The molecule has 17 heteroatoms. The van der Waals surface area contributed by atoms with Gasteiger partial charge in [-0.1, -0.05) is 20.3 Å². The molecule has 0 bridgehead atoms. The Morgan fingerprint density at radius 3 is 2.10 bits per heavy atom. The van der Waals surface area contributed by atoms with Crippen LogP contribution in [-0.4, -0.2) is 101 Å². The molecule has 12 N–H and O–H groups in total. The average molecular weight is 591 g/mol. The summed E-state index contributed by atoms with van der Waals surface area (Å²) >= 11 is 1.52. The lowest BCUT2D eigenvalue weighted by Gasteiger charge is -2.25. The van der Waals surface area contributed by atoms with Gasteiger partial charge in [0.1, 0.15) is 18.1 Å². The van der Waals surface area contributed by atoms with Crippen molar-refractivity contribution >= 4 is 53.3 Å². The van der Waals surface area contributed by atoms with Crippen molar-refractivity contribution < 1.29 is 39.0 Å². The Hall–Kier alpha value is -3.60. The van der Waals surface area contributed by atoms with Gasteiger partial charge in [-0.25, -0.2) is 4.79 Å². The molecule has 0 rings (SSSR count). The molecular weight excluding hydrogens is 548 g/mol. The van der Waals surface area contributed by atoms with Crippen LogP contribution >= 0.6 is 11.8 Å². The van der Waals surface area contributed by atoms with Crippen LogP contribution in [0.5, 0.6) is 0 Å². The Bertz CT molecular complexity index is 915. The third kappa shape index (κ3) is 15.1. The van der Waals surface area contributed by atoms with Gasteiger partial charge in [0, 0.05) is 6.54 Å². The van der Waals surface area contributed by atoms with Gasteiger partial charge in [-0.15, -0.1) is 0 Å². The van der Waals surface area contributed by atoms with E-state index >= 15 is 0 Å². The summed E-state index contributed by atoms with van der Waals surface area (Å²) in [6.07, 6.45) is 2.11. The first kappa shape index (κ1) is 36.4. The van der Waals surface area contributed by atoms with Gasteiger partial charge in [-0.3, -0.25) is 29.0 Å². The number of carboxylic acid groups (broad SMARTS) is 2. The normalized spacial score (nSPS) is 14.4. The van der Waals surface area contributed by atoms with Gasteiger partial charge in [-0.2, -0.15) is 11.8 Å². The maximum Gasteiger partial charge on any atom is 0.326 e. The summed E-state index contributed by atoms with van der Waals surface area (Å²) in [6.45, 7) is 3.03. The molecule has 0 radical (unpaired) electrons. The standard InChI is InChI=1S/C23H42N8O8S/c1-4-12(2)18(31-19(35)13(24)7-9-40-3)21(37)28-11-16(32)29-15(10-17(33)34)20(36)30-14(22(38)39)6-5-8-27-23(25)26/h12-15,18H,4-11,24H2,1-3H3,(H,28,37)(H,29,32)(H,30,36)(H,31,35)(H,33,34)(H,38,39)(H4,25,26,27)/t12-,13-,14-,15-,18-/m0/s1. The van der Waals surface area contributed by atoms with Crippen LogP contribution in [0.3, 0.4) is 0 Å². The quantitative estimate of drug-likeness (QED) is 0.0398. The number of carbonyl (C=O) groups excluding carboxylic acids is 4. The van der Waals surface area contributed by atoms with Crippen LogP contribution in [0.25, 0.3) is 0 Å². The second-order valence-electron chi connectivity index (χ2n) is 9.04. The molecule has 0 spiro atoms. The predicted octanol–water partition coefficient (Wildman–Crippen LogP) is -2.70. The van der Waals surface area contributed by atoms with Crippen molar-refractivity contribution in [1.29, 1.82) is 0 Å². The summed E-state index contributed by atoms with van der Waals surface area (Å²) in [5.41, 5.74) is 16.3. The van der Waals surface area contributed by atoms with Gasteiger partial charge in [-0.05, 0) is 37.2 Å². The first-order valence-corrected chi connectivity index (χ1v) is 14.0. The zero-order chi connectivity index (χ0) is 30.8. The first-order chi connectivity index (χ1) is 18.7. The van der Waals surface area contributed by atoms with Crippen LogP contribution in [0.4, 0.5) is 0 Å². The molecule has 0 saturated heterocycles. The average Bonchev–Trinajstić information content (AvgIpc) is 2.88. The van der Waals surface area contributed by atoms with Crippen molar-refractivity contribution in [3.8, 4) is 0 Å². The molecule has 4 amide bonds. The molecule has 0 aromatic rings. The van der Waals surface area contributed by atoms with Crippen LogP contribution in [0.2, 0.25) is 0 Å². The first-order valence-electron chi connectivity index (χ1n) is 12.7. The fourth-order valence-electron chi connectivity index (χ4n) is 3.28. The fourth-order valence-corrected chi connectivity index (χ4v) is 3.77. The van der Waals surface area contributed by atoms with Crippen LogP contribution in [-0.2, 0) is 28.8 Å². The highest BCUT2D eigenvalue weighted by Crippen LogP contribution is 2.09. The highest BCUT2D eigenvalue weighted by Gasteiger charge is 2.30. The van der Waals surface area contributed by atoms with E-state index in [0.717, 1.165) is 0 Å². The fraction of sp³-hybridized carbons (Fsp3) is 0.696. The van der Waals surface area contributed by atoms with E-state index in [9.17, 15) is 33.9 Å². The number of hydrogen-bond donors (Lipinski definition) is 9. The van der Waals surface area contributed by atoms with E-state index in [1.807, 2.05) is 13.2 Å². The molecule has 0 unspecified atom stereocenters. The topological polar surface area (TPSA) is 281 Å². The number of rotatable bonds is 20. The number of nitrogens with zero attached hydrogens (tertiary/aromatic N) is 1. The van der Waals surface area contributed by atoms with E-state index in [1.54, 1.807) is 6.92 Å². The van der Waals surface area contributed by atoms with Gasteiger partial charge in [0.2, 0.25) is 23.6 Å². The molecule has 16 nitrogen and oxygen atoms in total. The van der Waals surface area contributed by atoms with Gasteiger partial charge in [0.15, 0.2) is 5.96 Å². The molecule has 0 aliphatic rings. The Kier molecular flexibility index (Phi) is 17.7. The minimum atomic E-state index is -1.62. The number of carboxylic acids is 2. The number of aliphatic imine (C=N–C) groups is 1. The van der Waals surface area contributed by atoms with E-state index in [4.69, 9.17) is 22.3 Å². The molecule has 0 aliphatic heterocycles. The number of carbonyl (C=O) groups is 6. The molecule has 5 atom stereocenters. The summed E-state index contributed by atoms with van der Waals surface area (Å²) in [5.74, 6) is -5.75. The maximum atomic E-state index is 12.8. The van der Waals surface area contributed by atoms with Gasteiger partial charge >= 0.3 is 11.9 Å². The third-order valence-electron chi connectivity index (χ3n) is 5.78. The minimum absolute atomic E-state index is 0.0642. The third-order valence-corrected chi connectivity index (χ3v) is 6.42. The number of hydrogen-bond acceptors (Lipinski definition) is 9. The van der Waals surface area contributed by atoms with Crippen LogP contribution in [0.15, 0.2) is 4.99 Å². The lowest BCUT2D eigenvalue weighted by molar-refractivity contribution is -0.143. The number of aliphatic carboxylic acids is 2. The molecule has 0 aromatic heterocycles. The summed E-state index contributed by atoms with van der Waals surface area (Å²) in [5, 5.41) is 27.9. The Morgan fingerprint density at radius 1 is 0.925 bits per heavy atom. The zero-order valence-electron chi connectivity index (χ0n) is 23.0. The smallest absolute Gasteiger partial charge is 0.326 e. The van der Waals surface area contributed by atoms with Crippen LogP contribution in [0, 0.1) is 5.92 Å². The van der Waals surface area contributed by atoms with Crippen LogP contribution < -0.4 is 38.5 Å².